The largest absolute Gasteiger partial charge is 0.492 e. The number of nitrogens with zero attached hydrogens (tertiary/aromatic N) is 1. The Morgan fingerprint density at radius 3 is 2.78 bits per heavy atom. The number of hydrogen-bond acceptors (Lipinski definition) is 4. The number of aromatic nitrogens is 1. The number of carbonyl (C=O) groups is 1. The van der Waals surface area contributed by atoms with Crippen LogP contribution < -0.4 is 10.1 Å². The Hall–Kier alpha value is -1.42. The van der Waals surface area contributed by atoms with Crippen LogP contribution in [-0.4, -0.2) is 30.5 Å². The lowest BCUT2D eigenvalue weighted by Gasteiger charge is -2.06. The van der Waals surface area contributed by atoms with E-state index in [1.807, 2.05) is 0 Å². The van der Waals surface area contributed by atoms with Crippen molar-refractivity contribution < 1.29 is 9.53 Å². The molecule has 0 fully saturated rings. The van der Waals surface area contributed by atoms with Crippen molar-refractivity contribution >= 4 is 5.78 Å². The minimum atomic E-state index is -0.0245. The Balaban J connectivity index is 2.14. The van der Waals surface area contributed by atoms with Crippen molar-refractivity contribution in [3.05, 3.63) is 24.0 Å². The molecule has 4 heteroatoms. The molecular weight excluding hydrogens is 228 g/mol. The van der Waals surface area contributed by atoms with Gasteiger partial charge in [-0.05, 0) is 44.5 Å². The van der Waals surface area contributed by atoms with E-state index >= 15 is 0 Å². The molecule has 0 bridgehead atoms. The van der Waals surface area contributed by atoms with Crippen LogP contribution in [0.15, 0.2) is 18.3 Å². The van der Waals surface area contributed by atoms with Crippen molar-refractivity contribution in [2.24, 2.45) is 0 Å². The molecule has 100 valence electrons. The van der Waals surface area contributed by atoms with Crippen LogP contribution in [0.1, 0.15) is 43.6 Å². The fourth-order valence-electron chi connectivity index (χ4n) is 1.52. The number of carbonyl (C=O) groups excluding carboxylic acids is 1. The summed E-state index contributed by atoms with van der Waals surface area (Å²) in [6.07, 6.45) is 4.90. The van der Waals surface area contributed by atoms with Gasteiger partial charge in [0.25, 0.3) is 0 Å². The molecule has 0 saturated carbocycles. The van der Waals surface area contributed by atoms with E-state index in [-0.39, 0.29) is 5.78 Å². The number of hydrogen-bond donors (Lipinski definition) is 1. The Morgan fingerprint density at radius 1 is 1.33 bits per heavy atom. The van der Waals surface area contributed by atoms with E-state index in [1.54, 1.807) is 18.3 Å². The van der Waals surface area contributed by atoms with Gasteiger partial charge in [-0.25, -0.2) is 4.98 Å². The second-order valence-corrected chi connectivity index (χ2v) is 4.24. The SMILES string of the molecule is CCCNCCCCOc1ccc(C(C)=O)nc1. The zero-order chi connectivity index (χ0) is 13.2. The first kappa shape index (κ1) is 14.6. The van der Waals surface area contributed by atoms with Crippen LogP contribution >= 0.6 is 0 Å². The normalized spacial score (nSPS) is 10.3. The number of nitrogens with one attached hydrogen (secondary N) is 1. The van der Waals surface area contributed by atoms with Gasteiger partial charge in [0.1, 0.15) is 11.4 Å². The third kappa shape index (κ3) is 5.77. The molecule has 1 heterocycles. The Morgan fingerprint density at radius 2 is 2.17 bits per heavy atom. The number of ketones is 1. The molecule has 18 heavy (non-hydrogen) atoms. The maximum atomic E-state index is 11.0. The first-order valence-corrected chi connectivity index (χ1v) is 6.54. The smallest absolute Gasteiger partial charge is 0.178 e. The Labute approximate surface area is 109 Å². The van der Waals surface area contributed by atoms with Gasteiger partial charge in [-0.15, -0.1) is 0 Å². The molecule has 1 aromatic rings. The number of Topliss-reactive ketones (excluding diaryl/α,β-unsaturated/α-hetero) is 1. The molecule has 0 aliphatic rings. The van der Waals surface area contributed by atoms with Crippen LogP contribution in [0.3, 0.4) is 0 Å². The van der Waals surface area contributed by atoms with Gasteiger partial charge < -0.3 is 10.1 Å². The van der Waals surface area contributed by atoms with E-state index in [9.17, 15) is 4.79 Å². The van der Waals surface area contributed by atoms with Crippen molar-refractivity contribution in [2.45, 2.75) is 33.1 Å². The molecule has 0 spiro atoms. The first-order chi connectivity index (χ1) is 8.74. The highest BCUT2D eigenvalue weighted by molar-refractivity contribution is 5.92. The van der Waals surface area contributed by atoms with Crippen LogP contribution in [0.4, 0.5) is 0 Å². The van der Waals surface area contributed by atoms with Crippen molar-refractivity contribution in [3.8, 4) is 5.75 Å². The summed E-state index contributed by atoms with van der Waals surface area (Å²) in [5.74, 6) is 0.699. The summed E-state index contributed by atoms with van der Waals surface area (Å²) < 4.78 is 5.55. The number of pyridine rings is 1. The van der Waals surface area contributed by atoms with Gasteiger partial charge in [0, 0.05) is 6.92 Å². The predicted molar refractivity (Wildman–Crippen MR) is 72.1 cm³/mol. The molecule has 4 nitrogen and oxygen atoms in total. The van der Waals surface area contributed by atoms with Crippen LogP contribution in [-0.2, 0) is 0 Å². The highest BCUT2D eigenvalue weighted by atomic mass is 16.5. The Kier molecular flexibility index (Phi) is 7.03. The number of unbranched alkanes of at least 4 members (excludes halogenated alkanes) is 1. The summed E-state index contributed by atoms with van der Waals surface area (Å²) in [6, 6.07) is 3.49. The van der Waals surface area contributed by atoms with Gasteiger partial charge in [-0.1, -0.05) is 6.92 Å². The molecule has 0 unspecified atom stereocenters. The summed E-state index contributed by atoms with van der Waals surface area (Å²) in [5, 5.41) is 3.35. The van der Waals surface area contributed by atoms with Crippen LogP contribution in [0.2, 0.25) is 0 Å². The summed E-state index contributed by atoms with van der Waals surface area (Å²) in [5.41, 5.74) is 0.478. The molecule has 0 saturated heterocycles. The summed E-state index contributed by atoms with van der Waals surface area (Å²) >= 11 is 0. The van der Waals surface area contributed by atoms with E-state index in [0.29, 0.717) is 12.3 Å². The molecule has 0 aromatic carbocycles. The monoisotopic (exact) mass is 250 g/mol. The molecule has 0 aliphatic carbocycles. The van der Waals surface area contributed by atoms with Gasteiger partial charge in [0.2, 0.25) is 0 Å². The van der Waals surface area contributed by atoms with E-state index < -0.39 is 0 Å². The molecule has 0 aliphatic heterocycles. The van der Waals surface area contributed by atoms with Crippen LogP contribution in [0.5, 0.6) is 5.75 Å². The second-order valence-electron chi connectivity index (χ2n) is 4.24. The van der Waals surface area contributed by atoms with E-state index in [2.05, 4.69) is 17.2 Å². The van der Waals surface area contributed by atoms with E-state index in [0.717, 1.165) is 31.7 Å². The standard InChI is InChI=1S/C14H22N2O2/c1-3-8-15-9-4-5-10-18-13-6-7-14(12(2)17)16-11-13/h6-7,11,15H,3-5,8-10H2,1-2H3. The first-order valence-electron chi connectivity index (χ1n) is 6.54. The van der Waals surface area contributed by atoms with Gasteiger partial charge in [0.15, 0.2) is 5.78 Å². The molecule has 1 rings (SSSR count). The quantitative estimate of drug-likeness (QED) is 0.540. The fourth-order valence-corrected chi connectivity index (χ4v) is 1.52. The summed E-state index contributed by atoms with van der Waals surface area (Å²) in [6.45, 7) is 6.48. The zero-order valence-corrected chi connectivity index (χ0v) is 11.2. The lowest BCUT2D eigenvalue weighted by atomic mass is 10.3. The highest BCUT2D eigenvalue weighted by Gasteiger charge is 2.00. The minimum Gasteiger partial charge on any atom is -0.492 e. The summed E-state index contributed by atoms with van der Waals surface area (Å²) in [4.78, 5) is 15.1. The van der Waals surface area contributed by atoms with Crippen molar-refractivity contribution in [1.82, 2.24) is 10.3 Å². The zero-order valence-electron chi connectivity index (χ0n) is 11.2. The minimum absolute atomic E-state index is 0.0245. The summed E-state index contributed by atoms with van der Waals surface area (Å²) in [7, 11) is 0. The van der Waals surface area contributed by atoms with Crippen molar-refractivity contribution in [2.75, 3.05) is 19.7 Å². The number of ether oxygens (including phenoxy) is 1. The van der Waals surface area contributed by atoms with Crippen LogP contribution in [0.25, 0.3) is 0 Å². The fraction of sp³-hybridized carbons (Fsp3) is 0.571. The maximum Gasteiger partial charge on any atom is 0.178 e. The lowest BCUT2D eigenvalue weighted by Crippen LogP contribution is -2.16. The third-order valence-corrected chi connectivity index (χ3v) is 2.54. The average Bonchev–Trinajstić information content (AvgIpc) is 2.38. The van der Waals surface area contributed by atoms with E-state index in [4.69, 9.17) is 4.74 Å². The van der Waals surface area contributed by atoms with Crippen LogP contribution in [0, 0.1) is 0 Å². The molecule has 0 radical (unpaired) electrons. The maximum absolute atomic E-state index is 11.0. The highest BCUT2D eigenvalue weighted by Crippen LogP contribution is 2.09. The van der Waals surface area contributed by atoms with E-state index in [1.165, 1.54) is 13.3 Å². The van der Waals surface area contributed by atoms with Crippen molar-refractivity contribution in [3.63, 3.8) is 0 Å². The molecular formula is C14H22N2O2. The second kappa shape index (κ2) is 8.64. The Bertz CT molecular complexity index is 349. The topological polar surface area (TPSA) is 51.2 Å². The predicted octanol–water partition coefficient (Wildman–Crippen LogP) is 2.44. The molecule has 0 amide bonds. The average molecular weight is 250 g/mol. The van der Waals surface area contributed by atoms with Gasteiger partial charge in [-0.2, -0.15) is 0 Å². The van der Waals surface area contributed by atoms with Gasteiger partial charge in [0.05, 0.1) is 12.8 Å². The van der Waals surface area contributed by atoms with Crippen molar-refractivity contribution in [1.29, 1.82) is 0 Å². The van der Waals surface area contributed by atoms with Gasteiger partial charge in [-0.3, -0.25) is 4.79 Å². The molecule has 1 aromatic heterocycles. The van der Waals surface area contributed by atoms with Gasteiger partial charge >= 0.3 is 0 Å². The third-order valence-electron chi connectivity index (χ3n) is 2.54. The molecule has 0 atom stereocenters. The lowest BCUT2D eigenvalue weighted by molar-refractivity contribution is 0.101. The molecule has 1 N–H and O–H groups in total. The number of rotatable bonds is 9.